The van der Waals surface area contributed by atoms with Crippen LogP contribution in [0, 0.1) is 6.92 Å². The van der Waals surface area contributed by atoms with E-state index < -0.39 is 10.0 Å². The van der Waals surface area contributed by atoms with Gasteiger partial charge in [0.2, 0.25) is 0 Å². The lowest BCUT2D eigenvalue weighted by Gasteiger charge is -2.14. The maximum Gasteiger partial charge on any atom is 0.261 e. The summed E-state index contributed by atoms with van der Waals surface area (Å²) in [6, 6.07) is 22.3. The van der Waals surface area contributed by atoms with E-state index in [-0.39, 0.29) is 10.8 Å². The van der Waals surface area contributed by atoms with Gasteiger partial charge in [0.1, 0.15) is 12.4 Å². The van der Waals surface area contributed by atoms with E-state index in [4.69, 9.17) is 4.74 Å². The first-order valence-electron chi connectivity index (χ1n) is 9.11. The Morgan fingerprint density at radius 2 is 1.55 bits per heavy atom. The Kier molecular flexibility index (Phi) is 6.51. The van der Waals surface area contributed by atoms with E-state index in [9.17, 15) is 13.2 Å². The molecular weight excluding hydrogens is 388 g/mol. The maximum atomic E-state index is 12.6. The molecule has 150 valence electrons. The highest BCUT2D eigenvalue weighted by molar-refractivity contribution is 7.92. The summed E-state index contributed by atoms with van der Waals surface area (Å²) in [4.78, 5) is 12.7. The normalized spacial score (nSPS) is 10.9. The Hall–Kier alpha value is -3.32. The summed E-state index contributed by atoms with van der Waals surface area (Å²) in [5.41, 5.74) is 1.31. The predicted octanol–water partition coefficient (Wildman–Crippen LogP) is 3.60. The second-order valence-electron chi connectivity index (χ2n) is 6.31. The smallest absolute Gasteiger partial charge is 0.261 e. The number of nitrogens with one attached hydrogen (secondary N) is 2. The van der Waals surface area contributed by atoms with E-state index in [2.05, 4.69) is 10.0 Å². The summed E-state index contributed by atoms with van der Waals surface area (Å²) in [5.74, 6) is 0.440. The molecule has 0 aliphatic carbocycles. The molecular formula is C22H22N2O4S. The van der Waals surface area contributed by atoms with Crippen LogP contribution in [0.3, 0.4) is 0 Å². The third-order valence-corrected chi connectivity index (χ3v) is 5.66. The van der Waals surface area contributed by atoms with Gasteiger partial charge in [-0.05, 0) is 48.9 Å². The van der Waals surface area contributed by atoms with E-state index >= 15 is 0 Å². The molecule has 3 aromatic carbocycles. The van der Waals surface area contributed by atoms with Crippen LogP contribution >= 0.6 is 0 Å². The molecule has 0 radical (unpaired) electrons. The Morgan fingerprint density at radius 3 is 2.24 bits per heavy atom. The number of para-hydroxylation sites is 1. The zero-order chi connectivity index (χ0) is 20.7. The van der Waals surface area contributed by atoms with E-state index in [0.717, 1.165) is 5.75 Å². The molecule has 3 aromatic rings. The standard InChI is InChI=1S/C22H22N2O4S/c1-17-20(22(25)23-15-16-28-18-9-4-2-5-10-18)13-8-14-21(17)24-29(26,27)19-11-6-3-7-12-19/h2-14,24H,15-16H2,1H3,(H,23,25). The Morgan fingerprint density at radius 1 is 0.897 bits per heavy atom. The van der Waals surface area contributed by atoms with Gasteiger partial charge in [-0.1, -0.05) is 42.5 Å². The number of hydrogen-bond acceptors (Lipinski definition) is 4. The minimum atomic E-state index is -3.73. The largest absolute Gasteiger partial charge is 0.492 e. The number of amides is 1. The van der Waals surface area contributed by atoms with Gasteiger partial charge in [-0.3, -0.25) is 9.52 Å². The number of carbonyl (C=O) groups excluding carboxylic acids is 1. The average molecular weight is 410 g/mol. The van der Waals surface area contributed by atoms with E-state index in [1.165, 1.54) is 12.1 Å². The zero-order valence-corrected chi connectivity index (χ0v) is 16.8. The van der Waals surface area contributed by atoms with Crippen LogP contribution < -0.4 is 14.8 Å². The second kappa shape index (κ2) is 9.25. The number of hydrogen-bond donors (Lipinski definition) is 2. The SMILES string of the molecule is Cc1c(NS(=O)(=O)c2ccccc2)cccc1C(=O)NCCOc1ccccc1. The second-order valence-corrected chi connectivity index (χ2v) is 8.00. The van der Waals surface area contributed by atoms with Crippen molar-refractivity contribution in [3.8, 4) is 5.75 Å². The van der Waals surface area contributed by atoms with Crippen LogP contribution in [-0.2, 0) is 10.0 Å². The Bertz CT molecular complexity index is 1070. The van der Waals surface area contributed by atoms with Crippen molar-refractivity contribution >= 4 is 21.6 Å². The highest BCUT2D eigenvalue weighted by Gasteiger charge is 2.17. The first-order valence-corrected chi connectivity index (χ1v) is 10.6. The molecule has 1 amide bonds. The summed E-state index contributed by atoms with van der Waals surface area (Å²) in [6.45, 7) is 2.36. The highest BCUT2D eigenvalue weighted by atomic mass is 32.2. The van der Waals surface area contributed by atoms with Crippen molar-refractivity contribution in [1.82, 2.24) is 5.32 Å². The Balaban J connectivity index is 1.64. The predicted molar refractivity (Wildman–Crippen MR) is 113 cm³/mol. The molecule has 2 N–H and O–H groups in total. The van der Waals surface area contributed by atoms with Crippen molar-refractivity contribution in [2.45, 2.75) is 11.8 Å². The zero-order valence-electron chi connectivity index (χ0n) is 16.0. The van der Waals surface area contributed by atoms with Gasteiger partial charge in [0.25, 0.3) is 15.9 Å². The topological polar surface area (TPSA) is 84.5 Å². The van der Waals surface area contributed by atoms with Gasteiger partial charge in [0, 0.05) is 5.56 Å². The van der Waals surface area contributed by atoms with Crippen LogP contribution in [0.15, 0.2) is 83.8 Å². The van der Waals surface area contributed by atoms with Crippen molar-refractivity contribution in [1.29, 1.82) is 0 Å². The Labute approximate surface area is 170 Å². The fraction of sp³-hybridized carbons (Fsp3) is 0.136. The molecule has 29 heavy (non-hydrogen) atoms. The van der Waals surface area contributed by atoms with Crippen molar-refractivity contribution in [2.24, 2.45) is 0 Å². The summed E-state index contributed by atoms with van der Waals surface area (Å²) in [5, 5.41) is 2.79. The number of sulfonamides is 1. The molecule has 0 bridgehead atoms. The summed E-state index contributed by atoms with van der Waals surface area (Å²) >= 11 is 0. The van der Waals surface area contributed by atoms with Crippen LogP contribution in [-0.4, -0.2) is 27.5 Å². The van der Waals surface area contributed by atoms with Gasteiger partial charge in [-0.15, -0.1) is 0 Å². The molecule has 7 heteroatoms. The van der Waals surface area contributed by atoms with Gasteiger partial charge in [0.05, 0.1) is 17.1 Å². The molecule has 0 aromatic heterocycles. The fourth-order valence-corrected chi connectivity index (χ4v) is 3.88. The van der Waals surface area contributed by atoms with Gasteiger partial charge in [0.15, 0.2) is 0 Å². The molecule has 0 atom stereocenters. The molecule has 0 heterocycles. The minimum absolute atomic E-state index is 0.160. The number of ether oxygens (including phenoxy) is 1. The lowest BCUT2D eigenvalue weighted by atomic mass is 10.1. The summed E-state index contributed by atoms with van der Waals surface area (Å²) in [7, 11) is -3.73. The molecule has 0 fully saturated rings. The molecule has 0 saturated carbocycles. The van der Waals surface area contributed by atoms with Gasteiger partial charge in [-0.25, -0.2) is 8.42 Å². The van der Waals surface area contributed by atoms with Crippen LogP contribution in [0.1, 0.15) is 15.9 Å². The first-order chi connectivity index (χ1) is 14.0. The fourth-order valence-electron chi connectivity index (χ4n) is 2.74. The van der Waals surface area contributed by atoms with Crippen molar-refractivity contribution in [2.75, 3.05) is 17.9 Å². The lowest BCUT2D eigenvalue weighted by molar-refractivity contribution is 0.0946. The van der Waals surface area contributed by atoms with Crippen LogP contribution in [0.2, 0.25) is 0 Å². The highest BCUT2D eigenvalue weighted by Crippen LogP contribution is 2.22. The van der Waals surface area contributed by atoms with Crippen molar-refractivity contribution in [3.05, 3.63) is 90.0 Å². The molecule has 3 rings (SSSR count). The van der Waals surface area contributed by atoms with Crippen LogP contribution in [0.25, 0.3) is 0 Å². The summed E-state index contributed by atoms with van der Waals surface area (Å²) in [6.07, 6.45) is 0. The van der Waals surface area contributed by atoms with Crippen LogP contribution in [0.5, 0.6) is 5.75 Å². The minimum Gasteiger partial charge on any atom is -0.492 e. The molecule has 0 aliphatic rings. The summed E-state index contributed by atoms with van der Waals surface area (Å²) < 4.78 is 33.2. The van der Waals surface area contributed by atoms with E-state index in [1.54, 1.807) is 43.3 Å². The number of anilines is 1. The van der Waals surface area contributed by atoms with E-state index in [0.29, 0.717) is 30.0 Å². The molecule has 0 aliphatic heterocycles. The molecule has 0 unspecified atom stereocenters. The monoisotopic (exact) mass is 410 g/mol. The quantitative estimate of drug-likeness (QED) is 0.556. The van der Waals surface area contributed by atoms with Gasteiger partial charge < -0.3 is 10.1 Å². The van der Waals surface area contributed by atoms with Gasteiger partial charge in [-0.2, -0.15) is 0 Å². The van der Waals surface area contributed by atoms with Crippen molar-refractivity contribution in [3.63, 3.8) is 0 Å². The lowest BCUT2D eigenvalue weighted by Crippen LogP contribution is -2.29. The number of rotatable bonds is 8. The average Bonchev–Trinajstić information content (AvgIpc) is 2.74. The molecule has 0 spiro atoms. The van der Waals surface area contributed by atoms with Crippen LogP contribution in [0.4, 0.5) is 5.69 Å². The molecule has 6 nitrogen and oxygen atoms in total. The number of benzene rings is 3. The van der Waals surface area contributed by atoms with Crippen molar-refractivity contribution < 1.29 is 17.9 Å². The van der Waals surface area contributed by atoms with E-state index in [1.807, 2.05) is 30.3 Å². The molecule has 0 saturated heterocycles. The first kappa shape index (κ1) is 20.4. The third kappa shape index (κ3) is 5.36. The maximum absolute atomic E-state index is 12.6. The number of carbonyl (C=O) groups is 1. The third-order valence-electron chi connectivity index (χ3n) is 4.28. The van der Waals surface area contributed by atoms with Gasteiger partial charge >= 0.3 is 0 Å².